The highest BCUT2D eigenvalue weighted by Gasteiger charge is 2.32. The van der Waals surface area contributed by atoms with Gasteiger partial charge in [-0.05, 0) is 70.4 Å². The highest BCUT2D eigenvalue weighted by molar-refractivity contribution is 7.90. The molecule has 3 heterocycles. The van der Waals surface area contributed by atoms with Gasteiger partial charge in [0.05, 0.1) is 23.8 Å². The van der Waals surface area contributed by atoms with Crippen molar-refractivity contribution in [3.63, 3.8) is 0 Å². The van der Waals surface area contributed by atoms with Gasteiger partial charge in [0, 0.05) is 25.7 Å². The number of benzene rings is 2. The van der Waals surface area contributed by atoms with Gasteiger partial charge in [-0.3, -0.25) is 9.36 Å². The number of nitriles is 1. The van der Waals surface area contributed by atoms with Crippen molar-refractivity contribution in [3.05, 3.63) is 58.4 Å². The SMILES string of the molecule is CC(C)(C)OC(=O)N1CCC(n2cnc3ccc(Oc4c(F)ccc(N[S+]([O-])N5CCC(F)C5)c4C#N)cc3c2=O)CC1. The van der Waals surface area contributed by atoms with Gasteiger partial charge in [0.2, 0.25) is 0 Å². The fraction of sp³-hybridized carbons (Fsp3) is 0.448. The topological polar surface area (TPSA) is 136 Å². The number of amides is 1. The van der Waals surface area contributed by atoms with Gasteiger partial charge in [-0.15, -0.1) is 4.31 Å². The Hall–Kier alpha value is -3.93. The molecule has 0 saturated carbocycles. The molecule has 3 aromatic rings. The van der Waals surface area contributed by atoms with E-state index in [1.54, 1.807) is 31.7 Å². The molecule has 0 spiro atoms. The smallest absolute Gasteiger partial charge is 0.410 e. The molecule has 43 heavy (non-hydrogen) atoms. The number of carbonyl (C=O) groups excluding carboxylic acids is 1. The van der Waals surface area contributed by atoms with Crippen molar-refractivity contribution in [2.45, 2.75) is 57.8 Å². The maximum absolute atomic E-state index is 14.9. The molecule has 0 radical (unpaired) electrons. The molecular weight excluding hydrogens is 582 g/mol. The van der Waals surface area contributed by atoms with E-state index in [1.165, 1.54) is 33.4 Å². The highest BCUT2D eigenvalue weighted by Crippen LogP contribution is 2.35. The monoisotopic (exact) mass is 614 g/mol. The van der Waals surface area contributed by atoms with Crippen LogP contribution in [0.1, 0.15) is 51.6 Å². The number of nitrogens with zero attached hydrogens (tertiary/aromatic N) is 5. The molecular formula is C29H32F2N6O5S. The Morgan fingerprint density at radius 2 is 1.93 bits per heavy atom. The van der Waals surface area contributed by atoms with Crippen LogP contribution in [-0.2, 0) is 16.3 Å². The summed E-state index contributed by atoms with van der Waals surface area (Å²) in [5, 5.41) is 10.1. The Balaban J connectivity index is 1.35. The summed E-state index contributed by atoms with van der Waals surface area (Å²) in [5.41, 5.74) is -0.695. The fourth-order valence-electron chi connectivity index (χ4n) is 5.06. The van der Waals surface area contributed by atoms with E-state index in [0.717, 1.165) is 6.07 Å². The van der Waals surface area contributed by atoms with Gasteiger partial charge in [-0.25, -0.2) is 18.6 Å². The molecule has 2 saturated heterocycles. The number of piperidine rings is 1. The molecule has 14 heteroatoms. The molecule has 5 rings (SSSR count). The summed E-state index contributed by atoms with van der Waals surface area (Å²) in [4.78, 5) is 32.0. The van der Waals surface area contributed by atoms with Crippen LogP contribution >= 0.6 is 0 Å². The molecule has 2 fully saturated rings. The molecule has 228 valence electrons. The maximum atomic E-state index is 14.9. The second-order valence-corrected chi connectivity index (χ2v) is 12.7. The van der Waals surface area contributed by atoms with Gasteiger partial charge < -0.3 is 18.9 Å². The zero-order chi connectivity index (χ0) is 30.9. The highest BCUT2D eigenvalue weighted by atomic mass is 32.2. The predicted octanol–water partition coefficient (Wildman–Crippen LogP) is 4.81. The first-order chi connectivity index (χ1) is 20.4. The lowest BCUT2D eigenvalue weighted by molar-refractivity contribution is 0.0187. The number of rotatable bonds is 6. The van der Waals surface area contributed by atoms with Crippen molar-refractivity contribution >= 4 is 34.2 Å². The molecule has 0 aliphatic carbocycles. The van der Waals surface area contributed by atoms with E-state index in [-0.39, 0.29) is 53.5 Å². The number of ether oxygens (including phenoxy) is 2. The van der Waals surface area contributed by atoms with E-state index < -0.39 is 41.0 Å². The van der Waals surface area contributed by atoms with Gasteiger partial charge in [-0.1, -0.05) is 0 Å². The van der Waals surface area contributed by atoms with E-state index in [4.69, 9.17) is 9.47 Å². The summed E-state index contributed by atoms with van der Waals surface area (Å²) in [7, 11) is 0. The van der Waals surface area contributed by atoms with Crippen LogP contribution in [0.25, 0.3) is 10.9 Å². The van der Waals surface area contributed by atoms with E-state index in [2.05, 4.69) is 9.71 Å². The summed E-state index contributed by atoms with van der Waals surface area (Å²) >= 11 is -1.84. The summed E-state index contributed by atoms with van der Waals surface area (Å²) in [6.07, 6.45) is 1.31. The zero-order valence-electron chi connectivity index (χ0n) is 24.0. The number of likely N-dealkylation sites (tertiary alicyclic amines) is 1. The second kappa shape index (κ2) is 12.4. The van der Waals surface area contributed by atoms with Crippen molar-refractivity contribution in [1.82, 2.24) is 18.8 Å². The third-order valence-electron chi connectivity index (χ3n) is 7.23. The molecule has 1 amide bonds. The average molecular weight is 615 g/mol. The molecule has 2 unspecified atom stereocenters. The van der Waals surface area contributed by atoms with Crippen LogP contribution in [0, 0.1) is 17.1 Å². The largest absolute Gasteiger partial charge is 0.573 e. The molecule has 1 N–H and O–H groups in total. The number of nitrogens with one attached hydrogen (secondary N) is 1. The summed E-state index contributed by atoms with van der Waals surface area (Å²) in [5.74, 6) is -1.15. The van der Waals surface area contributed by atoms with Crippen LogP contribution in [0.4, 0.5) is 19.3 Å². The van der Waals surface area contributed by atoms with Gasteiger partial charge in [0.25, 0.3) is 5.56 Å². The quantitative estimate of drug-likeness (QED) is 0.388. The minimum Gasteiger partial charge on any atom is -0.573 e. The molecule has 2 aliphatic rings. The van der Waals surface area contributed by atoms with Crippen molar-refractivity contribution in [3.8, 4) is 17.6 Å². The first-order valence-corrected chi connectivity index (χ1v) is 15.0. The maximum Gasteiger partial charge on any atom is 0.410 e. The second-order valence-electron chi connectivity index (χ2n) is 11.5. The van der Waals surface area contributed by atoms with Gasteiger partial charge >= 0.3 is 6.09 Å². The van der Waals surface area contributed by atoms with Gasteiger partial charge in [0.15, 0.2) is 23.1 Å². The Kier molecular flexibility index (Phi) is 8.77. The minimum atomic E-state index is -1.84. The Morgan fingerprint density at radius 1 is 1.19 bits per heavy atom. The third kappa shape index (κ3) is 6.84. The number of hydrogen-bond acceptors (Lipinski definition) is 9. The van der Waals surface area contributed by atoms with Crippen molar-refractivity contribution in [2.75, 3.05) is 30.9 Å². The molecule has 2 atom stereocenters. The van der Waals surface area contributed by atoms with E-state index >= 15 is 0 Å². The lowest BCUT2D eigenvalue weighted by Gasteiger charge is -2.34. The number of hydrogen-bond donors (Lipinski definition) is 1. The minimum absolute atomic E-state index is 0.0163. The van der Waals surface area contributed by atoms with E-state index in [1.807, 2.05) is 6.07 Å². The summed E-state index contributed by atoms with van der Waals surface area (Å²) in [6.45, 7) is 6.52. The molecule has 2 aliphatic heterocycles. The Bertz CT molecular complexity index is 1620. The van der Waals surface area contributed by atoms with Crippen LogP contribution < -0.4 is 15.0 Å². The lowest BCUT2D eigenvalue weighted by atomic mass is 10.0. The number of aromatic nitrogens is 2. The van der Waals surface area contributed by atoms with Crippen molar-refractivity contribution < 1.29 is 27.6 Å². The number of alkyl halides is 1. The number of fused-ring (bicyclic) bond motifs is 1. The van der Waals surface area contributed by atoms with Gasteiger partial charge in [0.1, 0.15) is 34.8 Å². The first-order valence-electron chi connectivity index (χ1n) is 13.9. The standard InChI is InChI=1S/C29H32F2N6O5S/c1-29(2,3)42-28(39)35-11-9-19(10-12-35)37-17-33-24-6-4-20(14-21(24)27(37)38)41-26-22(15-32)25(7-5-23(26)31)34-43(40)36-13-8-18(30)16-36/h4-7,14,17-19,34H,8-13,16H2,1-3H3. The van der Waals surface area contributed by atoms with Gasteiger partial charge in [-0.2, -0.15) is 9.98 Å². The van der Waals surface area contributed by atoms with Crippen LogP contribution in [0.15, 0.2) is 41.5 Å². The zero-order valence-corrected chi connectivity index (χ0v) is 24.8. The number of anilines is 1. The fourth-order valence-corrected chi connectivity index (χ4v) is 6.12. The molecule has 2 aromatic carbocycles. The van der Waals surface area contributed by atoms with Crippen molar-refractivity contribution in [2.24, 2.45) is 0 Å². The molecule has 0 bridgehead atoms. The van der Waals surface area contributed by atoms with Crippen LogP contribution in [0.3, 0.4) is 0 Å². The van der Waals surface area contributed by atoms with Crippen LogP contribution in [0.5, 0.6) is 11.5 Å². The number of carbonyl (C=O) groups is 1. The van der Waals surface area contributed by atoms with E-state index in [0.29, 0.717) is 31.4 Å². The van der Waals surface area contributed by atoms with Crippen LogP contribution in [0.2, 0.25) is 0 Å². The number of halogens is 2. The summed E-state index contributed by atoms with van der Waals surface area (Å²) < 4.78 is 58.0. The Labute approximate surface area is 250 Å². The molecule has 1 aromatic heterocycles. The molecule has 11 nitrogen and oxygen atoms in total. The first kappa shape index (κ1) is 30.5. The average Bonchev–Trinajstić information content (AvgIpc) is 3.41. The van der Waals surface area contributed by atoms with Crippen LogP contribution in [-0.4, -0.2) is 67.4 Å². The Morgan fingerprint density at radius 3 is 2.58 bits per heavy atom. The van der Waals surface area contributed by atoms with Crippen molar-refractivity contribution in [1.29, 1.82) is 5.26 Å². The third-order valence-corrected chi connectivity index (χ3v) is 8.43. The summed E-state index contributed by atoms with van der Waals surface area (Å²) in [6, 6.07) is 8.52. The lowest BCUT2D eigenvalue weighted by Crippen LogP contribution is -2.43. The normalized spacial score (nSPS) is 18.8. The predicted molar refractivity (Wildman–Crippen MR) is 156 cm³/mol. The van der Waals surface area contributed by atoms with E-state index in [9.17, 15) is 28.2 Å².